The number of fused-ring (bicyclic) bond motifs is 5. The maximum Gasteiger partial charge on any atom is 0.417 e. The number of carbonyl (C=O) groups is 2. The van der Waals surface area contributed by atoms with E-state index < -0.39 is 46.4 Å². The van der Waals surface area contributed by atoms with Crippen molar-refractivity contribution in [2.45, 2.75) is 24.2 Å². The molecule has 4 aromatic carbocycles. The quantitative estimate of drug-likeness (QED) is 0.228. The Labute approximate surface area is 234 Å². The topological polar surface area (TPSA) is 81.7 Å². The van der Waals surface area contributed by atoms with Gasteiger partial charge >= 0.3 is 12.4 Å². The van der Waals surface area contributed by atoms with Crippen LogP contribution in [-0.4, -0.2) is 11.6 Å². The fourth-order valence-corrected chi connectivity index (χ4v) is 5.84. The molecular formula is C32H14F6N2O2. The number of hydrogen-bond donors (Lipinski definition) is 0. The average Bonchev–Trinajstić information content (AvgIpc) is 3.42. The van der Waals surface area contributed by atoms with Crippen LogP contribution in [0.2, 0.25) is 0 Å². The molecule has 0 spiro atoms. The maximum atomic E-state index is 13.5. The van der Waals surface area contributed by atoms with Crippen LogP contribution in [0.15, 0.2) is 72.8 Å². The zero-order chi connectivity index (χ0) is 30.1. The molecule has 0 bridgehead atoms. The summed E-state index contributed by atoms with van der Waals surface area (Å²) in [4.78, 5) is 27.0. The van der Waals surface area contributed by atoms with Gasteiger partial charge in [0, 0.05) is 11.1 Å². The summed E-state index contributed by atoms with van der Waals surface area (Å²) in [5.41, 5.74) is -1.19. The van der Waals surface area contributed by atoms with E-state index in [2.05, 4.69) is 0 Å². The first kappa shape index (κ1) is 27.0. The van der Waals surface area contributed by atoms with E-state index in [4.69, 9.17) is 10.5 Å². The number of halogens is 6. The maximum absolute atomic E-state index is 13.5. The zero-order valence-corrected chi connectivity index (χ0v) is 21.1. The second kappa shape index (κ2) is 9.15. The first-order valence-corrected chi connectivity index (χ1v) is 12.4. The van der Waals surface area contributed by atoms with Crippen LogP contribution in [0.1, 0.15) is 65.9 Å². The van der Waals surface area contributed by atoms with Gasteiger partial charge in [0.2, 0.25) is 0 Å². The number of nitrogens with zero attached hydrogens (tertiary/aromatic N) is 2. The van der Waals surface area contributed by atoms with Crippen molar-refractivity contribution in [3.63, 3.8) is 0 Å². The lowest BCUT2D eigenvalue weighted by Crippen LogP contribution is -2.09. The third kappa shape index (κ3) is 4.07. The first-order chi connectivity index (χ1) is 19.8. The smallest absolute Gasteiger partial charge is 0.293 e. The Morgan fingerprint density at radius 1 is 0.524 bits per heavy atom. The summed E-state index contributed by atoms with van der Waals surface area (Å²) in [6.07, 6.45) is -9.54. The van der Waals surface area contributed by atoms with Crippen molar-refractivity contribution in [3.05, 3.63) is 117 Å². The zero-order valence-electron chi connectivity index (χ0n) is 21.1. The third-order valence-electron chi connectivity index (χ3n) is 7.76. The minimum absolute atomic E-state index is 0.145. The number of nitriles is 2. The number of rotatable bonds is 2. The minimum atomic E-state index is -4.77. The van der Waals surface area contributed by atoms with Crippen molar-refractivity contribution in [1.29, 1.82) is 10.5 Å². The van der Waals surface area contributed by atoms with Gasteiger partial charge in [0.15, 0.2) is 11.6 Å². The summed E-state index contributed by atoms with van der Waals surface area (Å²) in [6.45, 7) is 0. The Morgan fingerprint density at radius 3 is 1.19 bits per heavy atom. The number of ketones is 2. The summed E-state index contributed by atoms with van der Waals surface area (Å²) in [7, 11) is 0. The van der Waals surface area contributed by atoms with Gasteiger partial charge in [0.05, 0.1) is 46.2 Å². The van der Waals surface area contributed by atoms with Gasteiger partial charge in [0.25, 0.3) is 0 Å². The van der Waals surface area contributed by atoms with Gasteiger partial charge in [-0.3, -0.25) is 9.59 Å². The summed E-state index contributed by atoms with van der Waals surface area (Å²) >= 11 is 0. The van der Waals surface area contributed by atoms with E-state index in [-0.39, 0.29) is 33.8 Å². The second-order valence-electron chi connectivity index (χ2n) is 10.0. The third-order valence-corrected chi connectivity index (χ3v) is 7.76. The van der Waals surface area contributed by atoms with Crippen LogP contribution in [0.4, 0.5) is 26.3 Å². The molecule has 10 heteroatoms. The van der Waals surface area contributed by atoms with Crippen LogP contribution in [0, 0.1) is 22.7 Å². The summed E-state index contributed by atoms with van der Waals surface area (Å²) in [5.74, 6) is -2.63. The Kier molecular flexibility index (Phi) is 5.88. The molecule has 6 rings (SSSR count). The molecule has 0 aromatic heterocycles. The number of Topliss-reactive ketones (excluding diaryl/α,β-unsaturated/α-hetero) is 2. The molecule has 0 radical (unpaired) electrons. The van der Waals surface area contributed by atoms with Crippen molar-refractivity contribution in [2.24, 2.45) is 0 Å². The van der Waals surface area contributed by atoms with Crippen LogP contribution in [0.3, 0.4) is 0 Å². The van der Waals surface area contributed by atoms with E-state index in [0.717, 1.165) is 24.3 Å². The summed E-state index contributed by atoms with van der Waals surface area (Å²) < 4.78 is 81.3. The molecule has 42 heavy (non-hydrogen) atoms. The van der Waals surface area contributed by atoms with Gasteiger partial charge in [-0.1, -0.05) is 36.4 Å². The lowest BCUT2D eigenvalue weighted by atomic mass is 9.90. The molecule has 0 amide bonds. The van der Waals surface area contributed by atoms with Crippen molar-refractivity contribution < 1.29 is 35.9 Å². The average molecular weight is 572 g/mol. The van der Waals surface area contributed by atoms with E-state index in [0.29, 0.717) is 22.3 Å². The van der Waals surface area contributed by atoms with Crippen LogP contribution in [0.5, 0.6) is 0 Å². The predicted molar refractivity (Wildman–Crippen MR) is 137 cm³/mol. The second-order valence-corrected chi connectivity index (χ2v) is 10.0. The Hall–Kier alpha value is -5.22. The molecule has 0 aliphatic heterocycles. The van der Waals surface area contributed by atoms with Crippen LogP contribution in [-0.2, 0) is 12.4 Å². The van der Waals surface area contributed by atoms with Crippen molar-refractivity contribution in [1.82, 2.24) is 0 Å². The molecule has 2 aliphatic rings. The highest BCUT2D eigenvalue weighted by molar-refractivity contribution is 6.20. The van der Waals surface area contributed by atoms with Gasteiger partial charge in [0.1, 0.15) is 0 Å². The van der Waals surface area contributed by atoms with E-state index in [1.165, 1.54) is 60.7 Å². The highest BCUT2D eigenvalue weighted by Crippen LogP contribution is 2.53. The fraction of sp³-hybridized carbons (Fsp3) is 0.125. The van der Waals surface area contributed by atoms with Gasteiger partial charge in [-0.2, -0.15) is 36.9 Å². The van der Waals surface area contributed by atoms with Gasteiger partial charge in [-0.15, -0.1) is 0 Å². The Balaban J connectivity index is 1.42. The molecule has 0 heterocycles. The SMILES string of the molecule is N#Cc1ccc(-c2ccc3c(c2)C2C(=O)c4ccc(-c5ccc(C#N)c(C(F)(F)F)c5)cc4C2C3=O)cc1C(F)(F)F. The van der Waals surface area contributed by atoms with Crippen LogP contribution < -0.4 is 0 Å². The molecule has 2 atom stereocenters. The fourth-order valence-electron chi connectivity index (χ4n) is 5.84. The largest absolute Gasteiger partial charge is 0.417 e. The highest BCUT2D eigenvalue weighted by Gasteiger charge is 2.51. The molecule has 2 unspecified atom stereocenters. The van der Waals surface area contributed by atoms with Gasteiger partial charge < -0.3 is 0 Å². The standard InChI is InChI=1S/C32H14F6N2O2/c33-31(34,35)25-11-17(1-3-19(25)13-39)15-5-7-21-23(9-15)27-28(29(21)41)24-10-16(6-8-22(24)30(27)42)18-2-4-20(14-40)26(12-18)32(36,37)38/h1-12,27-28H. The number of carbonyl (C=O) groups excluding carboxylic acids is 2. The van der Waals surface area contributed by atoms with E-state index >= 15 is 0 Å². The first-order valence-electron chi connectivity index (χ1n) is 12.4. The van der Waals surface area contributed by atoms with E-state index in [1.807, 2.05) is 0 Å². The Bertz CT molecular complexity index is 1800. The molecule has 4 aromatic rings. The summed E-state index contributed by atoms with van der Waals surface area (Å²) in [5, 5.41) is 18.2. The molecule has 0 saturated carbocycles. The van der Waals surface area contributed by atoms with Gasteiger partial charge in [-0.05, 0) is 69.8 Å². The number of hydrogen-bond acceptors (Lipinski definition) is 4. The minimum Gasteiger partial charge on any atom is -0.293 e. The molecule has 0 N–H and O–H groups in total. The number of benzene rings is 4. The molecule has 0 fully saturated rings. The molecule has 4 nitrogen and oxygen atoms in total. The van der Waals surface area contributed by atoms with Gasteiger partial charge in [-0.25, -0.2) is 0 Å². The van der Waals surface area contributed by atoms with Crippen molar-refractivity contribution in [2.75, 3.05) is 0 Å². The van der Waals surface area contributed by atoms with Crippen LogP contribution in [0.25, 0.3) is 22.3 Å². The monoisotopic (exact) mass is 572 g/mol. The molecule has 206 valence electrons. The highest BCUT2D eigenvalue weighted by atomic mass is 19.4. The molecule has 2 aliphatic carbocycles. The number of alkyl halides is 6. The van der Waals surface area contributed by atoms with Crippen molar-refractivity contribution >= 4 is 11.6 Å². The lowest BCUT2D eigenvalue weighted by Gasteiger charge is -2.13. The lowest BCUT2D eigenvalue weighted by molar-refractivity contribution is -0.138. The Morgan fingerprint density at radius 2 is 0.857 bits per heavy atom. The molecular weight excluding hydrogens is 558 g/mol. The predicted octanol–water partition coefficient (Wildman–Crippen LogP) is 8.06. The summed E-state index contributed by atoms with van der Waals surface area (Å²) in [6, 6.07) is 18.4. The normalized spacial score (nSPS) is 17.3. The van der Waals surface area contributed by atoms with Crippen LogP contribution >= 0.6 is 0 Å². The molecule has 0 saturated heterocycles. The van der Waals surface area contributed by atoms with E-state index in [9.17, 15) is 35.9 Å². The van der Waals surface area contributed by atoms with E-state index in [1.54, 1.807) is 0 Å². The van der Waals surface area contributed by atoms with Crippen molar-refractivity contribution in [3.8, 4) is 34.4 Å².